The Kier molecular flexibility index (Phi) is 7.56. The molecule has 0 unspecified atom stereocenters. The molecule has 4 aromatic carbocycles. The lowest BCUT2D eigenvalue weighted by Gasteiger charge is -2.11. The lowest BCUT2D eigenvalue weighted by molar-refractivity contribution is 0.112. The van der Waals surface area contributed by atoms with Crippen LogP contribution < -0.4 is 9.47 Å². The topological polar surface area (TPSA) is 35.5 Å². The van der Waals surface area contributed by atoms with Crippen LogP contribution in [0, 0.1) is 6.92 Å². The van der Waals surface area contributed by atoms with Gasteiger partial charge in [0.05, 0.1) is 6.61 Å². The first-order chi connectivity index (χ1) is 16.6. The van der Waals surface area contributed by atoms with Gasteiger partial charge in [-0.05, 0) is 70.6 Å². The molecule has 0 aliphatic carbocycles. The Balaban J connectivity index is 1.30. The van der Waals surface area contributed by atoms with E-state index in [1.54, 1.807) is 0 Å². The van der Waals surface area contributed by atoms with Crippen molar-refractivity contribution < 1.29 is 14.3 Å². The summed E-state index contributed by atoms with van der Waals surface area (Å²) in [5.41, 5.74) is 7.34. The summed E-state index contributed by atoms with van der Waals surface area (Å²) in [6.45, 7) is 6.90. The Morgan fingerprint density at radius 3 is 2.21 bits per heavy atom. The van der Waals surface area contributed by atoms with Crippen molar-refractivity contribution in [3.05, 3.63) is 125 Å². The predicted octanol–water partition coefficient (Wildman–Crippen LogP) is 7.32. The Bertz CT molecular complexity index is 1250. The van der Waals surface area contributed by atoms with Crippen LogP contribution in [-0.2, 0) is 13.0 Å². The van der Waals surface area contributed by atoms with Crippen LogP contribution in [0.1, 0.15) is 32.6 Å². The maximum atomic E-state index is 11.0. The standard InChI is InChI=1S/C31H28O3/c1-3-24-7-9-25(10-8-24)17-18-33-29-14-11-26(12-15-29)22-34-30-6-4-5-28(20-30)31-16-13-27(21-32)19-23(31)2/h3-16,19-21H,1,17-18,22H2,2H3. The van der Waals surface area contributed by atoms with Crippen LogP contribution in [0.2, 0.25) is 0 Å². The van der Waals surface area contributed by atoms with Crippen molar-refractivity contribution in [2.24, 2.45) is 0 Å². The fourth-order valence-electron chi connectivity index (χ4n) is 3.79. The molecule has 0 aliphatic rings. The minimum Gasteiger partial charge on any atom is -0.493 e. The second-order valence-electron chi connectivity index (χ2n) is 8.20. The number of hydrogen-bond donors (Lipinski definition) is 0. The molecular formula is C31H28O3. The Labute approximate surface area is 201 Å². The van der Waals surface area contributed by atoms with E-state index in [0.29, 0.717) is 18.8 Å². The quantitative estimate of drug-likeness (QED) is 0.239. The van der Waals surface area contributed by atoms with Gasteiger partial charge in [-0.2, -0.15) is 0 Å². The van der Waals surface area contributed by atoms with Crippen molar-refractivity contribution in [1.29, 1.82) is 0 Å². The third kappa shape index (κ3) is 6.02. The summed E-state index contributed by atoms with van der Waals surface area (Å²) in [4.78, 5) is 11.0. The van der Waals surface area contributed by atoms with E-state index in [2.05, 4.69) is 36.9 Å². The molecule has 4 aromatic rings. The number of rotatable bonds is 10. The molecule has 0 amide bonds. The number of benzene rings is 4. The number of aldehydes is 1. The molecule has 0 aromatic heterocycles. The van der Waals surface area contributed by atoms with Crippen LogP contribution in [0.5, 0.6) is 11.5 Å². The van der Waals surface area contributed by atoms with Crippen molar-refractivity contribution in [1.82, 2.24) is 0 Å². The Hall–Kier alpha value is -4.11. The second kappa shape index (κ2) is 11.2. The Morgan fingerprint density at radius 2 is 1.50 bits per heavy atom. The fraction of sp³-hybridized carbons (Fsp3) is 0.129. The smallest absolute Gasteiger partial charge is 0.150 e. The van der Waals surface area contributed by atoms with E-state index >= 15 is 0 Å². The lowest BCUT2D eigenvalue weighted by Crippen LogP contribution is -2.02. The molecule has 170 valence electrons. The first-order valence-corrected chi connectivity index (χ1v) is 11.4. The van der Waals surface area contributed by atoms with Gasteiger partial charge >= 0.3 is 0 Å². The highest BCUT2D eigenvalue weighted by Crippen LogP contribution is 2.28. The molecule has 0 N–H and O–H groups in total. The van der Waals surface area contributed by atoms with Gasteiger partial charge < -0.3 is 9.47 Å². The van der Waals surface area contributed by atoms with Gasteiger partial charge in [0.1, 0.15) is 24.4 Å². The number of ether oxygens (including phenoxy) is 2. The maximum absolute atomic E-state index is 11.0. The number of aryl methyl sites for hydroxylation is 1. The van der Waals surface area contributed by atoms with Gasteiger partial charge in [0.25, 0.3) is 0 Å². The summed E-state index contributed by atoms with van der Waals surface area (Å²) >= 11 is 0. The van der Waals surface area contributed by atoms with Gasteiger partial charge in [-0.3, -0.25) is 4.79 Å². The molecule has 0 aliphatic heterocycles. The van der Waals surface area contributed by atoms with E-state index < -0.39 is 0 Å². The molecule has 0 saturated heterocycles. The van der Waals surface area contributed by atoms with E-state index in [9.17, 15) is 4.79 Å². The third-order valence-corrected chi connectivity index (χ3v) is 5.74. The second-order valence-corrected chi connectivity index (χ2v) is 8.20. The molecule has 3 heteroatoms. The van der Waals surface area contributed by atoms with Crippen LogP contribution in [0.3, 0.4) is 0 Å². The molecule has 0 bridgehead atoms. The third-order valence-electron chi connectivity index (χ3n) is 5.74. The van der Waals surface area contributed by atoms with E-state index in [4.69, 9.17) is 9.47 Å². The van der Waals surface area contributed by atoms with Gasteiger partial charge in [0.2, 0.25) is 0 Å². The highest BCUT2D eigenvalue weighted by molar-refractivity contribution is 5.78. The van der Waals surface area contributed by atoms with Crippen molar-refractivity contribution in [2.75, 3.05) is 6.61 Å². The van der Waals surface area contributed by atoms with E-state index in [1.807, 2.05) is 73.7 Å². The maximum Gasteiger partial charge on any atom is 0.150 e. The van der Waals surface area contributed by atoms with Gasteiger partial charge in [-0.15, -0.1) is 0 Å². The number of carbonyl (C=O) groups excluding carboxylic acids is 1. The van der Waals surface area contributed by atoms with Crippen molar-refractivity contribution >= 4 is 12.4 Å². The molecule has 34 heavy (non-hydrogen) atoms. The summed E-state index contributed by atoms with van der Waals surface area (Å²) < 4.78 is 11.9. The minimum atomic E-state index is 0.475. The highest BCUT2D eigenvalue weighted by Gasteiger charge is 2.05. The monoisotopic (exact) mass is 448 g/mol. The predicted molar refractivity (Wildman–Crippen MR) is 139 cm³/mol. The first kappa shape index (κ1) is 23.1. The molecule has 4 rings (SSSR count). The SMILES string of the molecule is C=Cc1ccc(CCOc2ccc(COc3cccc(-c4ccc(C=O)cc4C)c3)cc2)cc1. The van der Waals surface area contributed by atoms with Gasteiger partial charge in [-0.1, -0.05) is 73.3 Å². The molecule has 0 saturated carbocycles. The van der Waals surface area contributed by atoms with Crippen LogP contribution in [0.4, 0.5) is 0 Å². The molecule has 3 nitrogen and oxygen atoms in total. The number of hydrogen-bond acceptors (Lipinski definition) is 3. The van der Waals surface area contributed by atoms with Gasteiger partial charge in [-0.25, -0.2) is 0 Å². The zero-order chi connectivity index (χ0) is 23.8. The van der Waals surface area contributed by atoms with Gasteiger partial charge in [0, 0.05) is 12.0 Å². The summed E-state index contributed by atoms with van der Waals surface area (Å²) in [7, 11) is 0. The normalized spacial score (nSPS) is 10.5. The zero-order valence-corrected chi connectivity index (χ0v) is 19.4. The first-order valence-electron chi connectivity index (χ1n) is 11.4. The average molecular weight is 449 g/mol. The molecule has 0 heterocycles. The van der Waals surface area contributed by atoms with Gasteiger partial charge in [0.15, 0.2) is 0 Å². The summed E-state index contributed by atoms with van der Waals surface area (Å²) in [6.07, 6.45) is 3.57. The van der Waals surface area contributed by atoms with Crippen molar-refractivity contribution in [3.8, 4) is 22.6 Å². The van der Waals surface area contributed by atoms with Crippen molar-refractivity contribution in [3.63, 3.8) is 0 Å². The van der Waals surface area contributed by atoms with Crippen LogP contribution >= 0.6 is 0 Å². The molecule has 0 fully saturated rings. The summed E-state index contributed by atoms with van der Waals surface area (Å²) in [6, 6.07) is 30.1. The van der Waals surface area contributed by atoms with Crippen LogP contribution in [0.15, 0.2) is 97.6 Å². The summed E-state index contributed by atoms with van der Waals surface area (Å²) in [5, 5.41) is 0. The largest absolute Gasteiger partial charge is 0.493 e. The minimum absolute atomic E-state index is 0.475. The lowest BCUT2D eigenvalue weighted by atomic mass is 9.98. The van der Waals surface area contributed by atoms with E-state index in [0.717, 1.165) is 52.0 Å². The average Bonchev–Trinajstić information content (AvgIpc) is 2.88. The van der Waals surface area contributed by atoms with E-state index in [-0.39, 0.29) is 0 Å². The molecular weight excluding hydrogens is 420 g/mol. The van der Waals surface area contributed by atoms with Crippen molar-refractivity contribution in [2.45, 2.75) is 20.0 Å². The zero-order valence-electron chi connectivity index (χ0n) is 19.4. The highest BCUT2D eigenvalue weighted by atomic mass is 16.5. The fourth-order valence-corrected chi connectivity index (χ4v) is 3.79. The Morgan fingerprint density at radius 1 is 0.765 bits per heavy atom. The summed E-state index contributed by atoms with van der Waals surface area (Å²) in [5.74, 6) is 1.65. The molecule has 0 atom stereocenters. The molecule has 0 spiro atoms. The van der Waals surface area contributed by atoms with Crippen LogP contribution in [-0.4, -0.2) is 12.9 Å². The van der Waals surface area contributed by atoms with Crippen LogP contribution in [0.25, 0.3) is 17.2 Å². The number of carbonyl (C=O) groups is 1. The molecule has 0 radical (unpaired) electrons. The van der Waals surface area contributed by atoms with E-state index in [1.165, 1.54) is 5.56 Å².